The van der Waals surface area contributed by atoms with E-state index >= 15 is 0 Å². The Balaban J connectivity index is 0. The van der Waals surface area contributed by atoms with Gasteiger partial charge in [-0.3, -0.25) is 9.78 Å². The van der Waals surface area contributed by atoms with Gasteiger partial charge in [-0.1, -0.05) is 0 Å². The van der Waals surface area contributed by atoms with Crippen molar-refractivity contribution in [1.29, 1.82) is 0 Å². The maximum Gasteiger partial charge on any atom is 0.250 e. The number of aromatic nitrogens is 1. The van der Waals surface area contributed by atoms with E-state index in [9.17, 15) is 4.79 Å². The van der Waals surface area contributed by atoms with Gasteiger partial charge in [-0.05, 0) is 6.07 Å². The predicted octanol–water partition coefficient (Wildman–Crippen LogP) is 2.66. The Morgan fingerprint density at radius 3 is 2.60 bits per heavy atom. The minimum atomic E-state index is -0.382. The van der Waals surface area contributed by atoms with Crippen molar-refractivity contribution in [2.75, 3.05) is 0 Å². The van der Waals surface area contributed by atoms with Crippen molar-refractivity contribution in [1.82, 2.24) is 4.98 Å². The first kappa shape index (κ1) is 16.9. The molecule has 3 nitrogen and oxygen atoms in total. The smallest absolute Gasteiger partial charge is 0.250 e. The van der Waals surface area contributed by atoms with Crippen LogP contribution in [0.3, 0.4) is 0 Å². The summed E-state index contributed by atoms with van der Waals surface area (Å²) in [7, 11) is 0. The SMILES string of the molecule is Cl.Cl.Cl.NC(=O)c1csc2cnccc12. The number of carbonyl (C=O) groups excluding carboxylic acids is 1. The van der Waals surface area contributed by atoms with Crippen molar-refractivity contribution in [2.45, 2.75) is 0 Å². The molecule has 2 aromatic heterocycles. The lowest BCUT2D eigenvalue weighted by Gasteiger charge is -1.90. The molecule has 7 heteroatoms. The maximum atomic E-state index is 10.9. The van der Waals surface area contributed by atoms with Gasteiger partial charge in [0.05, 0.1) is 10.3 Å². The van der Waals surface area contributed by atoms with Gasteiger partial charge in [0.2, 0.25) is 5.91 Å². The van der Waals surface area contributed by atoms with Crippen LogP contribution in [-0.2, 0) is 0 Å². The van der Waals surface area contributed by atoms with Gasteiger partial charge in [-0.15, -0.1) is 48.6 Å². The molecule has 0 saturated carbocycles. The fourth-order valence-electron chi connectivity index (χ4n) is 1.07. The molecule has 2 heterocycles. The molecule has 2 rings (SSSR count). The number of nitrogens with two attached hydrogens (primary N) is 1. The average molecular weight is 288 g/mol. The molecule has 0 saturated heterocycles. The number of halogens is 3. The van der Waals surface area contributed by atoms with E-state index in [2.05, 4.69) is 4.98 Å². The highest BCUT2D eigenvalue weighted by Gasteiger charge is 2.07. The van der Waals surface area contributed by atoms with Gasteiger partial charge in [0.15, 0.2) is 0 Å². The highest BCUT2D eigenvalue weighted by Crippen LogP contribution is 2.23. The largest absolute Gasteiger partial charge is 0.366 e. The fraction of sp³-hybridized carbons (Fsp3) is 0. The number of hydrogen-bond acceptors (Lipinski definition) is 3. The normalized spacial score (nSPS) is 8.27. The van der Waals surface area contributed by atoms with Crippen LogP contribution in [0.25, 0.3) is 10.1 Å². The number of hydrogen-bond donors (Lipinski definition) is 1. The molecule has 2 aromatic rings. The second-order valence-electron chi connectivity index (χ2n) is 2.39. The Hall–Kier alpha value is -0.550. The maximum absolute atomic E-state index is 10.9. The van der Waals surface area contributed by atoms with E-state index < -0.39 is 0 Å². The summed E-state index contributed by atoms with van der Waals surface area (Å²) in [6.07, 6.45) is 3.38. The zero-order chi connectivity index (χ0) is 8.55. The second-order valence-corrected chi connectivity index (χ2v) is 3.30. The van der Waals surface area contributed by atoms with Crippen molar-refractivity contribution in [2.24, 2.45) is 5.73 Å². The van der Waals surface area contributed by atoms with Crippen molar-refractivity contribution < 1.29 is 4.79 Å². The molecule has 1 amide bonds. The molecule has 0 bridgehead atoms. The number of nitrogens with zero attached hydrogens (tertiary/aromatic N) is 1. The number of fused-ring (bicyclic) bond motifs is 1. The van der Waals surface area contributed by atoms with Gasteiger partial charge in [0.25, 0.3) is 0 Å². The summed E-state index contributed by atoms with van der Waals surface area (Å²) >= 11 is 1.48. The van der Waals surface area contributed by atoms with Gasteiger partial charge in [0.1, 0.15) is 0 Å². The van der Waals surface area contributed by atoms with Crippen molar-refractivity contribution in [3.63, 3.8) is 0 Å². The molecule has 15 heavy (non-hydrogen) atoms. The van der Waals surface area contributed by atoms with E-state index in [1.807, 2.05) is 0 Å². The molecule has 0 aliphatic carbocycles. The van der Waals surface area contributed by atoms with E-state index in [4.69, 9.17) is 5.73 Å². The third-order valence-electron chi connectivity index (χ3n) is 1.64. The number of primary amides is 1. The highest BCUT2D eigenvalue weighted by molar-refractivity contribution is 7.17. The summed E-state index contributed by atoms with van der Waals surface area (Å²) in [4.78, 5) is 14.8. The second kappa shape index (κ2) is 6.85. The summed E-state index contributed by atoms with van der Waals surface area (Å²) in [5, 5.41) is 2.65. The molecule has 2 N–H and O–H groups in total. The number of amides is 1. The van der Waals surface area contributed by atoms with Gasteiger partial charge in [-0.2, -0.15) is 0 Å². The van der Waals surface area contributed by atoms with Gasteiger partial charge in [0, 0.05) is 23.2 Å². The van der Waals surface area contributed by atoms with Gasteiger partial charge in [-0.25, -0.2) is 0 Å². The van der Waals surface area contributed by atoms with E-state index in [-0.39, 0.29) is 43.1 Å². The Kier molecular flexibility index (Phi) is 7.70. The van der Waals surface area contributed by atoms with Crippen LogP contribution in [0.5, 0.6) is 0 Å². The van der Waals surface area contributed by atoms with Crippen LogP contribution < -0.4 is 5.73 Å². The molecule has 84 valence electrons. The summed E-state index contributed by atoms with van der Waals surface area (Å²) in [5.41, 5.74) is 5.75. The molecule has 0 aliphatic heterocycles. The van der Waals surface area contributed by atoms with E-state index in [1.165, 1.54) is 11.3 Å². The summed E-state index contributed by atoms with van der Waals surface area (Å²) < 4.78 is 0.992. The molecular weight excluding hydrogens is 279 g/mol. The van der Waals surface area contributed by atoms with E-state index in [0.717, 1.165) is 10.1 Å². The predicted molar refractivity (Wildman–Crippen MR) is 69.9 cm³/mol. The molecule has 0 fully saturated rings. The molecule has 0 radical (unpaired) electrons. The van der Waals surface area contributed by atoms with Gasteiger partial charge >= 0.3 is 0 Å². The fourth-order valence-corrected chi connectivity index (χ4v) is 1.99. The number of pyridine rings is 1. The first-order valence-electron chi connectivity index (χ1n) is 3.40. The highest BCUT2D eigenvalue weighted by atomic mass is 35.5. The van der Waals surface area contributed by atoms with E-state index in [1.54, 1.807) is 23.8 Å². The number of rotatable bonds is 1. The first-order valence-corrected chi connectivity index (χ1v) is 4.28. The van der Waals surface area contributed by atoms with Crippen LogP contribution in [0.2, 0.25) is 0 Å². The topological polar surface area (TPSA) is 56.0 Å². The van der Waals surface area contributed by atoms with Crippen LogP contribution in [0.1, 0.15) is 10.4 Å². The molecule has 0 aromatic carbocycles. The quantitative estimate of drug-likeness (QED) is 0.876. The lowest BCUT2D eigenvalue weighted by molar-refractivity contribution is 0.100. The Bertz CT molecular complexity index is 446. The Labute approximate surface area is 109 Å². The monoisotopic (exact) mass is 286 g/mol. The standard InChI is InChI=1S/C8H6N2OS.3ClH/c9-8(11)6-4-12-7-3-10-2-1-5(6)7;;;/h1-4H,(H2,9,11);3*1H. The average Bonchev–Trinajstić information content (AvgIpc) is 2.47. The molecular formula is C8H9Cl3N2OS. The molecule has 0 aliphatic rings. The van der Waals surface area contributed by atoms with Crippen molar-refractivity contribution in [3.8, 4) is 0 Å². The Morgan fingerprint density at radius 1 is 1.33 bits per heavy atom. The van der Waals surface area contributed by atoms with Crippen LogP contribution in [-0.4, -0.2) is 10.9 Å². The minimum Gasteiger partial charge on any atom is -0.366 e. The first-order chi connectivity index (χ1) is 5.79. The van der Waals surface area contributed by atoms with Crippen molar-refractivity contribution in [3.05, 3.63) is 29.4 Å². The Morgan fingerprint density at radius 2 is 2.00 bits per heavy atom. The van der Waals surface area contributed by atoms with Crippen LogP contribution in [0.15, 0.2) is 23.8 Å². The lowest BCUT2D eigenvalue weighted by atomic mass is 10.2. The van der Waals surface area contributed by atoms with E-state index in [0.29, 0.717) is 5.56 Å². The lowest BCUT2D eigenvalue weighted by Crippen LogP contribution is -2.09. The summed E-state index contributed by atoms with van der Waals surface area (Å²) in [6.45, 7) is 0. The third-order valence-corrected chi connectivity index (χ3v) is 2.58. The van der Waals surface area contributed by atoms with Crippen molar-refractivity contribution >= 4 is 64.6 Å². The van der Waals surface area contributed by atoms with Crippen LogP contribution >= 0.6 is 48.6 Å². The summed E-state index contributed by atoms with van der Waals surface area (Å²) in [6, 6.07) is 1.80. The number of thiophene rings is 1. The zero-order valence-corrected chi connectivity index (χ0v) is 10.6. The van der Waals surface area contributed by atoms with Crippen LogP contribution in [0.4, 0.5) is 0 Å². The third kappa shape index (κ3) is 3.21. The molecule has 0 atom stereocenters. The number of carbonyl (C=O) groups is 1. The zero-order valence-electron chi connectivity index (χ0n) is 7.38. The molecule has 0 spiro atoms. The molecule has 0 unspecified atom stereocenters. The van der Waals surface area contributed by atoms with Gasteiger partial charge < -0.3 is 5.73 Å². The minimum absolute atomic E-state index is 0. The summed E-state index contributed by atoms with van der Waals surface area (Å²) in [5.74, 6) is -0.382. The van der Waals surface area contributed by atoms with Crippen LogP contribution in [0, 0.1) is 0 Å².